The van der Waals surface area contributed by atoms with E-state index in [4.69, 9.17) is 5.84 Å². The molecule has 1 heterocycles. The van der Waals surface area contributed by atoms with Gasteiger partial charge in [0.2, 0.25) is 0 Å². The monoisotopic (exact) mass is 333 g/mol. The number of amides is 1. The first-order valence-electron chi connectivity index (χ1n) is 8.80. The van der Waals surface area contributed by atoms with Crippen LogP contribution in [0.4, 0.5) is 5.69 Å². The Morgan fingerprint density at radius 1 is 1.20 bits per heavy atom. The molecule has 0 bridgehead atoms. The average molecular weight is 333 g/mol. The Hall–Kier alpha value is -2.62. The third kappa shape index (κ3) is 2.36. The largest absolute Gasteiger partial charge is 0.323 e. The van der Waals surface area contributed by atoms with E-state index in [-0.39, 0.29) is 11.3 Å². The van der Waals surface area contributed by atoms with Crippen molar-refractivity contribution in [1.82, 2.24) is 0 Å². The van der Waals surface area contributed by atoms with Crippen molar-refractivity contribution in [3.63, 3.8) is 0 Å². The number of hydrazone groups is 1. The van der Waals surface area contributed by atoms with Gasteiger partial charge in [-0.15, -0.1) is 0 Å². The molecule has 0 atom stereocenters. The fraction of sp³-hybridized carbons (Fsp3) is 0.333. The van der Waals surface area contributed by atoms with Crippen LogP contribution in [0, 0.1) is 5.92 Å². The molecule has 0 unspecified atom stereocenters. The lowest BCUT2D eigenvalue weighted by molar-refractivity contribution is 0.0996. The summed E-state index contributed by atoms with van der Waals surface area (Å²) in [6.07, 6.45) is 2.11. The minimum atomic E-state index is -0.0835. The summed E-state index contributed by atoms with van der Waals surface area (Å²) in [5.41, 5.74) is 4.93. The van der Waals surface area contributed by atoms with Crippen molar-refractivity contribution in [1.29, 1.82) is 0 Å². The molecule has 1 fully saturated rings. The summed E-state index contributed by atoms with van der Waals surface area (Å²) in [6, 6.07) is 16.2. The van der Waals surface area contributed by atoms with Gasteiger partial charge < -0.3 is 10.7 Å². The molecule has 2 aromatic carbocycles. The highest BCUT2D eigenvalue weighted by atomic mass is 16.2. The Labute approximate surface area is 148 Å². The van der Waals surface area contributed by atoms with Crippen LogP contribution in [-0.2, 0) is 12.0 Å². The van der Waals surface area contributed by atoms with Crippen LogP contribution in [0.25, 0.3) is 0 Å². The molecule has 1 saturated carbocycles. The van der Waals surface area contributed by atoms with Gasteiger partial charge in [0.1, 0.15) is 0 Å². The molecule has 1 amide bonds. The topological polar surface area (TPSA) is 58.7 Å². The van der Waals surface area contributed by atoms with Crippen molar-refractivity contribution in [2.45, 2.75) is 38.6 Å². The molecule has 0 spiro atoms. The minimum absolute atomic E-state index is 0.0768. The van der Waals surface area contributed by atoms with Crippen LogP contribution >= 0.6 is 0 Å². The number of benzene rings is 2. The van der Waals surface area contributed by atoms with Crippen molar-refractivity contribution in [2.24, 2.45) is 16.9 Å². The SMILES string of the molecule is C/C(=N\N)C1(c2cccc(N3Cc4ccccc4C3=O)c2)CC(C)C1. The first-order chi connectivity index (χ1) is 12.0. The van der Waals surface area contributed by atoms with Gasteiger partial charge in [-0.3, -0.25) is 4.79 Å². The molecular formula is C21H23N3O. The summed E-state index contributed by atoms with van der Waals surface area (Å²) in [7, 11) is 0. The van der Waals surface area contributed by atoms with Crippen molar-refractivity contribution < 1.29 is 4.79 Å². The number of rotatable bonds is 3. The van der Waals surface area contributed by atoms with Gasteiger partial charge in [-0.2, -0.15) is 5.10 Å². The predicted molar refractivity (Wildman–Crippen MR) is 101 cm³/mol. The second-order valence-corrected chi connectivity index (χ2v) is 7.41. The van der Waals surface area contributed by atoms with E-state index in [1.807, 2.05) is 48.2 Å². The summed E-state index contributed by atoms with van der Waals surface area (Å²) in [5, 5.41) is 4.00. The molecule has 0 radical (unpaired) electrons. The third-order valence-electron chi connectivity index (χ3n) is 5.81. The summed E-state index contributed by atoms with van der Waals surface area (Å²) < 4.78 is 0. The van der Waals surface area contributed by atoms with Gasteiger partial charge in [0, 0.05) is 22.4 Å². The van der Waals surface area contributed by atoms with Gasteiger partial charge in [0.05, 0.1) is 6.54 Å². The van der Waals surface area contributed by atoms with Gasteiger partial charge in [-0.1, -0.05) is 37.3 Å². The van der Waals surface area contributed by atoms with E-state index in [1.165, 1.54) is 5.56 Å². The van der Waals surface area contributed by atoms with Crippen LogP contribution in [-0.4, -0.2) is 11.6 Å². The summed E-state index contributed by atoms with van der Waals surface area (Å²) >= 11 is 0. The highest BCUT2D eigenvalue weighted by Crippen LogP contribution is 2.49. The zero-order valence-electron chi connectivity index (χ0n) is 14.7. The van der Waals surface area contributed by atoms with Gasteiger partial charge in [-0.25, -0.2) is 0 Å². The summed E-state index contributed by atoms with van der Waals surface area (Å²) in [5.74, 6) is 6.36. The van der Waals surface area contributed by atoms with E-state index >= 15 is 0 Å². The molecular weight excluding hydrogens is 310 g/mol. The Morgan fingerprint density at radius 2 is 1.96 bits per heavy atom. The molecule has 4 rings (SSSR count). The van der Waals surface area contributed by atoms with Gasteiger partial charge >= 0.3 is 0 Å². The molecule has 2 N–H and O–H groups in total. The third-order valence-corrected chi connectivity index (χ3v) is 5.81. The van der Waals surface area contributed by atoms with Gasteiger partial charge in [0.15, 0.2) is 0 Å². The van der Waals surface area contributed by atoms with Crippen molar-refractivity contribution in [3.05, 3.63) is 65.2 Å². The number of nitrogens with zero attached hydrogens (tertiary/aromatic N) is 2. The molecule has 25 heavy (non-hydrogen) atoms. The van der Waals surface area contributed by atoms with Crippen molar-refractivity contribution >= 4 is 17.3 Å². The predicted octanol–water partition coefficient (Wildman–Crippen LogP) is 3.85. The maximum absolute atomic E-state index is 12.8. The highest BCUT2D eigenvalue weighted by molar-refractivity contribution is 6.10. The van der Waals surface area contributed by atoms with Crippen LogP contribution in [0.2, 0.25) is 0 Å². The molecule has 2 aliphatic rings. The number of carbonyl (C=O) groups is 1. The standard InChI is InChI=1S/C21H23N3O/c1-14-11-21(12-14,15(2)23-22)17-7-5-8-18(10-17)24-13-16-6-3-4-9-19(16)20(24)25/h3-10,14H,11-13,22H2,1-2H3/b23-15+. The molecule has 128 valence electrons. The lowest BCUT2D eigenvalue weighted by Crippen LogP contribution is -2.46. The van der Waals surface area contributed by atoms with Crippen molar-refractivity contribution in [3.8, 4) is 0 Å². The normalized spacial score (nSPS) is 25.7. The van der Waals surface area contributed by atoms with Crippen LogP contribution < -0.4 is 10.7 Å². The second-order valence-electron chi connectivity index (χ2n) is 7.41. The van der Waals surface area contributed by atoms with Crippen LogP contribution in [0.3, 0.4) is 0 Å². The van der Waals surface area contributed by atoms with E-state index in [0.29, 0.717) is 12.5 Å². The first-order valence-corrected chi connectivity index (χ1v) is 8.80. The maximum Gasteiger partial charge on any atom is 0.258 e. The zero-order chi connectivity index (χ0) is 17.6. The van der Waals surface area contributed by atoms with Crippen LogP contribution in [0.1, 0.15) is 48.2 Å². The Kier molecular flexibility index (Phi) is 3.64. The quantitative estimate of drug-likeness (QED) is 0.527. The smallest absolute Gasteiger partial charge is 0.258 e. The van der Waals surface area contributed by atoms with Gasteiger partial charge in [0.25, 0.3) is 5.91 Å². The van der Waals surface area contributed by atoms with E-state index in [2.05, 4.69) is 24.2 Å². The fourth-order valence-electron chi connectivity index (χ4n) is 4.43. The lowest BCUT2D eigenvalue weighted by Gasteiger charge is -2.47. The number of hydrogen-bond acceptors (Lipinski definition) is 3. The minimum Gasteiger partial charge on any atom is -0.323 e. The molecule has 1 aliphatic heterocycles. The van der Waals surface area contributed by atoms with E-state index in [9.17, 15) is 4.79 Å². The molecule has 4 heteroatoms. The molecule has 2 aromatic rings. The number of carbonyl (C=O) groups excluding carboxylic acids is 1. The number of hydrogen-bond donors (Lipinski definition) is 1. The number of fused-ring (bicyclic) bond motifs is 1. The van der Waals surface area contributed by atoms with E-state index in [1.54, 1.807) is 0 Å². The Bertz CT molecular complexity index is 865. The fourth-order valence-corrected chi connectivity index (χ4v) is 4.43. The van der Waals surface area contributed by atoms with Crippen LogP contribution in [0.5, 0.6) is 0 Å². The summed E-state index contributed by atoms with van der Waals surface area (Å²) in [4.78, 5) is 14.6. The molecule has 1 aliphatic carbocycles. The second kappa shape index (κ2) is 5.73. The Morgan fingerprint density at radius 3 is 2.64 bits per heavy atom. The van der Waals surface area contributed by atoms with Crippen molar-refractivity contribution in [2.75, 3.05) is 4.90 Å². The Balaban J connectivity index is 1.71. The average Bonchev–Trinajstić information content (AvgIpc) is 2.95. The zero-order valence-corrected chi connectivity index (χ0v) is 14.7. The number of anilines is 1. The molecule has 0 saturated heterocycles. The highest BCUT2D eigenvalue weighted by Gasteiger charge is 2.46. The van der Waals surface area contributed by atoms with E-state index < -0.39 is 0 Å². The lowest BCUT2D eigenvalue weighted by atomic mass is 9.57. The van der Waals surface area contributed by atoms with Gasteiger partial charge in [-0.05, 0) is 55.0 Å². The maximum atomic E-state index is 12.8. The first kappa shape index (κ1) is 15.9. The van der Waals surface area contributed by atoms with E-state index in [0.717, 1.165) is 35.4 Å². The van der Waals surface area contributed by atoms with Crippen LogP contribution in [0.15, 0.2) is 53.6 Å². The molecule has 4 nitrogen and oxygen atoms in total. The molecule has 0 aromatic heterocycles. The number of nitrogens with two attached hydrogens (primary N) is 1. The summed E-state index contributed by atoms with van der Waals surface area (Å²) in [6.45, 7) is 4.90.